The quantitative estimate of drug-likeness (QED) is 0.829. The molecule has 1 amide bonds. The molecule has 2 N–H and O–H groups in total. The molecule has 0 aliphatic carbocycles. The van der Waals surface area contributed by atoms with Crippen LogP contribution in [0.2, 0.25) is 5.15 Å². The van der Waals surface area contributed by atoms with Crippen molar-refractivity contribution in [1.82, 2.24) is 10.3 Å². The summed E-state index contributed by atoms with van der Waals surface area (Å²) >= 11 is 6.72. The minimum Gasteiger partial charge on any atom is -0.477 e. The van der Waals surface area contributed by atoms with Crippen LogP contribution in [0.1, 0.15) is 23.0 Å². The number of hydrogen-bond acceptors (Lipinski definition) is 5. The largest absolute Gasteiger partial charge is 0.477 e. The maximum atomic E-state index is 11.4. The fourth-order valence-electron chi connectivity index (χ4n) is 1.32. The van der Waals surface area contributed by atoms with E-state index in [9.17, 15) is 9.59 Å². The van der Waals surface area contributed by atoms with E-state index in [1.54, 1.807) is 11.9 Å². The first kappa shape index (κ1) is 14.7. The Morgan fingerprint density at radius 1 is 1.56 bits per heavy atom. The molecule has 1 heterocycles. The summed E-state index contributed by atoms with van der Waals surface area (Å²) in [7, 11) is 1.55. The highest BCUT2D eigenvalue weighted by molar-refractivity contribution is 7.18. The number of carbonyl (C=O) groups is 2. The van der Waals surface area contributed by atoms with Crippen LogP contribution in [0.3, 0.4) is 0 Å². The van der Waals surface area contributed by atoms with Gasteiger partial charge in [-0.1, -0.05) is 29.9 Å². The number of hydrogen-bond donors (Lipinski definition) is 2. The van der Waals surface area contributed by atoms with E-state index in [4.69, 9.17) is 16.7 Å². The standard InChI is InChI=1S/C10H14ClN3O3S/c1-3-4-14(5-6(15)12-2)10-13-8(11)7(18-10)9(16)17/h3-5H2,1-2H3,(H,12,15)(H,16,17). The molecule has 0 fully saturated rings. The molecule has 0 spiro atoms. The van der Waals surface area contributed by atoms with Crippen LogP contribution in [0.4, 0.5) is 5.13 Å². The molecule has 1 aromatic rings. The number of amides is 1. The number of carboxylic acid groups (broad SMARTS) is 1. The number of carbonyl (C=O) groups excluding carboxylic acids is 1. The van der Waals surface area contributed by atoms with Crippen LogP contribution in [0.25, 0.3) is 0 Å². The van der Waals surface area contributed by atoms with Crippen molar-refractivity contribution in [2.75, 3.05) is 25.0 Å². The first-order valence-corrected chi connectivity index (χ1v) is 6.54. The van der Waals surface area contributed by atoms with Crippen LogP contribution in [-0.2, 0) is 4.79 Å². The molecule has 18 heavy (non-hydrogen) atoms. The number of carboxylic acids is 1. The van der Waals surface area contributed by atoms with Crippen molar-refractivity contribution in [1.29, 1.82) is 0 Å². The number of halogens is 1. The molecule has 0 saturated carbocycles. The molecule has 0 bridgehead atoms. The van der Waals surface area contributed by atoms with Gasteiger partial charge >= 0.3 is 5.97 Å². The third-order valence-electron chi connectivity index (χ3n) is 2.15. The molecule has 0 radical (unpaired) electrons. The number of anilines is 1. The zero-order valence-corrected chi connectivity index (χ0v) is 11.6. The summed E-state index contributed by atoms with van der Waals surface area (Å²) in [5, 5.41) is 11.8. The fourth-order valence-corrected chi connectivity index (χ4v) is 2.47. The van der Waals surface area contributed by atoms with Crippen LogP contribution in [0.15, 0.2) is 0 Å². The Kier molecular flexibility index (Phi) is 5.36. The lowest BCUT2D eigenvalue weighted by molar-refractivity contribution is -0.119. The van der Waals surface area contributed by atoms with Crippen molar-refractivity contribution in [3.63, 3.8) is 0 Å². The molecule has 100 valence electrons. The fraction of sp³-hybridized carbons (Fsp3) is 0.500. The van der Waals surface area contributed by atoms with Gasteiger partial charge in [0.2, 0.25) is 5.91 Å². The number of aromatic carboxylic acids is 1. The molecular formula is C10H14ClN3O3S. The minimum atomic E-state index is -1.11. The van der Waals surface area contributed by atoms with Crippen LogP contribution < -0.4 is 10.2 Å². The van der Waals surface area contributed by atoms with Gasteiger partial charge in [-0.15, -0.1) is 0 Å². The molecular weight excluding hydrogens is 278 g/mol. The minimum absolute atomic E-state index is 0.00956. The number of aromatic nitrogens is 1. The highest BCUT2D eigenvalue weighted by atomic mass is 35.5. The van der Waals surface area contributed by atoms with Crippen LogP contribution in [0, 0.1) is 0 Å². The second-order valence-corrected chi connectivity index (χ2v) is 4.85. The molecule has 0 aliphatic rings. The number of thiazole rings is 1. The third-order valence-corrected chi connectivity index (χ3v) is 3.64. The zero-order valence-electron chi connectivity index (χ0n) is 10.1. The van der Waals surface area contributed by atoms with E-state index in [2.05, 4.69) is 10.3 Å². The van der Waals surface area contributed by atoms with Crippen molar-refractivity contribution in [2.45, 2.75) is 13.3 Å². The summed E-state index contributed by atoms with van der Waals surface area (Å²) in [5.74, 6) is -1.27. The lowest BCUT2D eigenvalue weighted by Crippen LogP contribution is -2.36. The Morgan fingerprint density at radius 3 is 2.67 bits per heavy atom. The molecule has 1 rings (SSSR count). The summed E-state index contributed by atoms with van der Waals surface area (Å²) in [6.45, 7) is 2.70. The normalized spacial score (nSPS) is 10.2. The smallest absolute Gasteiger partial charge is 0.349 e. The van der Waals surface area contributed by atoms with Crippen molar-refractivity contribution in [3.8, 4) is 0 Å². The van der Waals surface area contributed by atoms with Crippen LogP contribution in [-0.4, -0.2) is 42.1 Å². The first-order valence-electron chi connectivity index (χ1n) is 5.34. The van der Waals surface area contributed by atoms with Gasteiger partial charge in [-0.2, -0.15) is 0 Å². The van der Waals surface area contributed by atoms with Gasteiger partial charge < -0.3 is 15.3 Å². The van der Waals surface area contributed by atoms with Crippen molar-refractivity contribution >= 4 is 39.9 Å². The molecule has 8 heteroatoms. The molecule has 0 aliphatic heterocycles. The van der Waals surface area contributed by atoms with E-state index < -0.39 is 5.97 Å². The zero-order chi connectivity index (χ0) is 13.7. The third kappa shape index (κ3) is 3.58. The SMILES string of the molecule is CCCN(CC(=O)NC)c1nc(Cl)c(C(=O)O)s1. The van der Waals surface area contributed by atoms with Crippen molar-refractivity contribution in [2.24, 2.45) is 0 Å². The van der Waals surface area contributed by atoms with Crippen molar-refractivity contribution < 1.29 is 14.7 Å². The maximum absolute atomic E-state index is 11.4. The summed E-state index contributed by atoms with van der Waals surface area (Å²) < 4.78 is 0. The van der Waals surface area contributed by atoms with Crippen LogP contribution in [0.5, 0.6) is 0 Å². The van der Waals surface area contributed by atoms with E-state index >= 15 is 0 Å². The molecule has 0 aromatic carbocycles. The number of nitrogens with one attached hydrogen (secondary N) is 1. The van der Waals surface area contributed by atoms with Gasteiger partial charge in [-0.05, 0) is 6.42 Å². The Labute approximate surface area is 114 Å². The summed E-state index contributed by atoms with van der Waals surface area (Å²) in [6.07, 6.45) is 0.816. The topological polar surface area (TPSA) is 82.5 Å². The van der Waals surface area contributed by atoms with Gasteiger partial charge in [0, 0.05) is 13.6 Å². The van der Waals surface area contributed by atoms with Gasteiger partial charge in [-0.25, -0.2) is 9.78 Å². The number of nitrogens with zero attached hydrogens (tertiary/aromatic N) is 2. The van der Waals surface area contributed by atoms with Crippen LogP contribution >= 0.6 is 22.9 Å². The number of rotatable bonds is 6. The van der Waals surface area contributed by atoms with Gasteiger partial charge in [0.05, 0.1) is 6.54 Å². The Balaban J connectivity index is 2.95. The van der Waals surface area contributed by atoms with Gasteiger partial charge in [0.15, 0.2) is 15.2 Å². The second-order valence-electron chi connectivity index (χ2n) is 3.52. The highest BCUT2D eigenvalue weighted by Crippen LogP contribution is 2.29. The van der Waals surface area contributed by atoms with E-state index in [1.165, 1.54) is 0 Å². The lowest BCUT2D eigenvalue weighted by atomic mass is 10.4. The monoisotopic (exact) mass is 291 g/mol. The van der Waals surface area contributed by atoms with Gasteiger partial charge in [-0.3, -0.25) is 4.79 Å². The van der Waals surface area contributed by atoms with Crippen molar-refractivity contribution in [3.05, 3.63) is 10.0 Å². The van der Waals surface area contributed by atoms with Gasteiger partial charge in [0.1, 0.15) is 0 Å². The Morgan fingerprint density at radius 2 is 2.22 bits per heavy atom. The Hall–Kier alpha value is -1.34. The molecule has 0 atom stereocenters. The predicted molar refractivity (Wildman–Crippen MR) is 70.7 cm³/mol. The van der Waals surface area contributed by atoms with E-state index in [-0.39, 0.29) is 22.5 Å². The maximum Gasteiger partial charge on any atom is 0.349 e. The summed E-state index contributed by atoms with van der Waals surface area (Å²) in [4.78, 5) is 27.9. The first-order chi connectivity index (χ1) is 8.49. The van der Waals surface area contributed by atoms with E-state index in [1.807, 2.05) is 6.92 Å². The predicted octanol–water partition coefficient (Wildman–Crippen LogP) is 1.46. The van der Waals surface area contributed by atoms with E-state index in [0.717, 1.165) is 17.8 Å². The number of likely N-dealkylation sites (N-methyl/N-ethyl adjacent to an activating group) is 1. The average Bonchev–Trinajstić information content (AvgIpc) is 2.70. The van der Waals surface area contributed by atoms with Gasteiger partial charge in [0.25, 0.3) is 0 Å². The summed E-state index contributed by atoms with van der Waals surface area (Å²) in [6, 6.07) is 0. The highest BCUT2D eigenvalue weighted by Gasteiger charge is 2.20. The second kappa shape index (κ2) is 6.55. The molecule has 1 aromatic heterocycles. The molecule has 0 unspecified atom stereocenters. The molecule has 6 nitrogen and oxygen atoms in total. The van der Waals surface area contributed by atoms with E-state index in [0.29, 0.717) is 11.7 Å². The molecule has 0 saturated heterocycles. The average molecular weight is 292 g/mol. The lowest BCUT2D eigenvalue weighted by Gasteiger charge is -2.19. The Bertz CT molecular complexity index is 450. The summed E-state index contributed by atoms with van der Waals surface area (Å²) in [5.41, 5.74) is 0.